The van der Waals surface area contributed by atoms with Crippen LogP contribution in [-0.2, 0) is 11.3 Å². The Morgan fingerprint density at radius 3 is 2.57 bits per heavy atom. The van der Waals surface area contributed by atoms with E-state index in [-0.39, 0.29) is 29.9 Å². The standard InChI is InChI=1S/C31H30F3N7O4S/c1-18(2)23-11-5-19(3)13-25(23)41-28(42)16-46-30(41)38-29(43)37-20-6-12-24(26(14-20)44-4)35-15-27-36-17-40(39-27)21-7-9-22(10-8-21)45-31(32,33)34/h5-14,17-18,35H,15-16H2,1-4H3,(H,37,43)/b38-30-. The van der Waals surface area contributed by atoms with E-state index in [1.165, 1.54) is 59.0 Å². The molecule has 3 aromatic carbocycles. The Bertz CT molecular complexity index is 1770. The second kappa shape index (κ2) is 13.5. The molecular formula is C31H30F3N7O4S. The van der Waals surface area contributed by atoms with Gasteiger partial charge in [-0.2, -0.15) is 4.99 Å². The fraction of sp³-hybridized carbons (Fsp3) is 0.258. The van der Waals surface area contributed by atoms with Crippen molar-refractivity contribution in [3.8, 4) is 17.2 Å². The molecule has 3 amide bonds. The summed E-state index contributed by atoms with van der Waals surface area (Å²) in [7, 11) is 1.48. The van der Waals surface area contributed by atoms with Crippen molar-refractivity contribution < 1.29 is 32.2 Å². The third-order valence-electron chi connectivity index (χ3n) is 6.78. The number of nitrogens with zero attached hydrogens (tertiary/aromatic N) is 5. The van der Waals surface area contributed by atoms with Crippen molar-refractivity contribution in [1.29, 1.82) is 0 Å². The van der Waals surface area contributed by atoms with Gasteiger partial charge in [0.1, 0.15) is 17.8 Å². The van der Waals surface area contributed by atoms with Crippen LogP contribution in [0.1, 0.15) is 36.7 Å². The van der Waals surface area contributed by atoms with Crippen molar-refractivity contribution in [2.45, 2.75) is 39.6 Å². The van der Waals surface area contributed by atoms with E-state index in [1.807, 2.05) is 39.0 Å². The van der Waals surface area contributed by atoms with Crippen molar-refractivity contribution in [1.82, 2.24) is 14.8 Å². The normalized spacial score (nSPS) is 14.2. The molecule has 1 aromatic heterocycles. The maximum absolute atomic E-state index is 12.9. The number of hydrogen-bond donors (Lipinski definition) is 2. The highest BCUT2D eigenvalue weighted by Crippen LogP contribution is 2.34. The fourth-order valence-electron chi connectivity index (χ4n) is 4.65. The van der Waals surface area contributed by atoms with E-state index in [4.69, 9.17) is 4.74 Å². The number of rotatable bonds is 9. The quantitative estimate of drug-likeness (QED) is 0.200. The van der Waals surface area contributed by atoms with Crippen LogP contribution in [0.4, 0.5) is 35.0 Å². The van der Waals surface area contributed by atoms with Gasteiger partial charge < -0.3 is 20.1 Å². The van der Waals surface area contributed by atoms with Gasteiger partial charge in [-0.15, -0.1) is 18.3 Å². The van der Waals surface area contributed by atoms with E-state index in [9.17, 15) is 22.8 Å². The molecule has 2 N–H and O–H groups in total. The van der Waals surface area contributed by atoms with Crippen molar-refractivity contribution >= 4 is 45.9 Å². The van der Waals surface area contributed by atoms with Crippen LogP contribution in [0.25, 0.3) is 5.69 Å². The molecule has 0 unspecified atom stereocenters. The number of ether oxygens (including phenoxy) is 2. The van der Waals surface area contributed by atoms with E-state index in [0.717, 1.165) is 16.8 Å². The smallest absolute Gasteiger partial charge is 0.495 e. The van der Waals surface area contributed by atoms with Gasteiger partial charge in [0.15, 0.2) is 11.0 Å². The predicted molar refractivity (Wildman–Crippen MR) is 170 cm³/mol. The topological polar surface area (TPSA) is 123 Å². The molecule has 15 heteroatoms. The largest absolute Gasteiger partial charge is 0.573 e. The van der Waals surface area contributed by atoms with Gasteiger partial charge in [0.05, 0.1) is 36.5 Å². The highest BCUT2D eigenvalue weighted by Gasteiger charge is 2.33. The van der Waals surface area contributed by atoms with Gasteiger partial charge >= 0.3 is 12.4 Å². The minimum absolute atomic E-state index is 0.145. The number of amidine groups is 1. The van der Waals surface area contributed by atoms with Crippen molar-refractivity contribution in [3.05, 3.63) is 83.9 Å². The van der Waals surface area contributed by atoms with Crippen molar-refractivity contribution in [2.24, 2.45) is 4.99 Å². The SMILES string of the molecule is COc1cc(NC(=O)/N=C2\SCC(=O)N2c2cc(C)ccc2C(C)C)ccc1NCc1ncn(-c2ccc(OC(F)(F)F)cc2)n1. The first-order chi connectivity index (χ1) is 21.9. The fourth-order valence-corrected chi connectivity index (χ4v) is 5.51. The van der Waals surface area contributed by atoms with Crippen molar-refractivity contribution in [3.63, 3.8) is 0 Å². The van der Waals surface area contributed by atoms with Gasteiger partial charge in [-0.3, -0.25) is 9.69 Å². The number of anilines is 3. The zero-order valence-electron chi connectivity index (χ0n) is 25.3. The third kappa shape index (κ3) is 7.77. The number of methoxy groups -OCH3 is 1. The number of thioether (sulfide) groups is 1. The number of amides is 3. The van der Waals surface area contributed by atoms with Gasteiger partial charge in [-0.05, 0) is 66.4 Å². The van der Waals surface area contributed by atoms with Crippen LogP contribution in [0.3, 0.4) is 0 Å². The Kier molecular flexibility index (Phi) is 9.51. The van der Waals surface area contributed by atoms with Crippen LogP contribution in [0, 0.1) is 6.92 Å². The number of urea groups is 1. The molecule has 240 valence electrons. The van der Waals surface area contributed by atoms with Crippen LogP contribution in [0.2, 0.25) is 0 Å². The first-order valence-electron chi connectivity index (χ1n) is 14.0. The van der Waals surface area contributed by atoms with E-state index >= 15 is 0 Å². The lowest BCUT2D eigenvalue weighted by Gasteiger charge is -2.22. The molecule has 46 heavy (non-hydrogen) atoms. The van der Waals surface area contributed by atoms with E-state index < -0.39 is 12.4 Å². The van der Waals surface area contributed by atoms with Gasteiger partial charge in [0, 0.05) is 11.8 Å². The summed E-state index contributed by atoms with van der Waals surface area (Å²) in [5.41, 5.74) is 4.22. The minimum atomic E-state index is -4.77. The van der Waals surface area contributed by atoms with Crippen LogP contribution < -0.4 is 25.0 Å². The number of carbonyl (C=O) groups excluding carboxylic acids is 2. The summed E-state index contributed by atoms with van der Waals surface area (Å²) in [6, 6.07) is 15.5. The molecular weight excluding hydrogens is 623 g/mol. The Morgan fingerprint density at radius 1 is 1.11 bits per heavy atom. The Balaban J connectivity index is 1.24. The molecule has 2 heterocycles. The summed E-state index contributed by atoms with van der Waals surface area (Å²) in [6.45, 7) is 6.24. The van der Waals surface area contributed by atoms with E-state index in [0.29, 0.717) is 33.8 Å². The highest BCUT2D eigenvalue weighted by atomic mass is 32.2. The summed E-state index contributed by atoms with van der Waals surface area (Å²) in [5.74, 6) is 0.704. The predicted octanol–water partition coefficient (Wildman–Crippen LogP) is 6.89. The summed E-state index contributed by atoms with van der Waals surface area (Å²) in [4.78, 5) is 35.8. The lowest BCUT2D eigenvalue weighted by atomic mass is 9.99. The molecule has 0 atom stereocenters. The summed E-state index contributed by atoms with van der Waals surface area (Å²) < 4.78 is 48.1. The number of nitrogens with one attached hydrogen (secondary N) is 2. The molecule has 5 rings (SSSR count). The zero-order chi connectivity index (χ0) is 33.0. The summed E-state index contributed by atoms with van der Waals surface area (Å²) in [5, 5.41) is 10.6. The first-order valence-corrected chi connectivity index (χ1v) is 15.0. The Morgan fingerprint density at radius 2 is 1.87 bits per heavy atom. The monoisotopic (exact) mass is 653 g/mol. The molecule has 1 saturated heterocycles. The summed E-state index contributed by atoms with van der Waals surface area (Å²) in [6.07, 6.45) is -3.33. The lowest BCUT2D eigenvalue weighted by Crippen LogP contribution is -2.31. The van der Waals surface area contributed by atoms with Crippen LogP contribution in [-0.4, -0.2) is 51.1 Å². The number of benzene rings is 3. The number of hydrogen-bond acceptors (Lipinski definition) is 8. The number of alkyl halides is 3. The molecule has 0 saturated carbocycles. The molecule has 1 aliphatic rings. The van der Waals surface area contributed by atoms with Gasteiger partial charge in [0.25, 0.3) is 0 Å². The minimum Gasteiger partial charge on any atom is -0.495 e. The molecule has 0 radical (unpaired) electrons. The number of carbonyl (C=O) groups is 2. The van der Waals surface area contributed by atoms with Crippen molar-refractivity contribution in [2.75, 3.05) is 28.4 Å². The van der Waals surface area contributed by atoms with Gasteiger partial charge in [0.2, 0.25) is 5.91 Å². The second-order valence-electron chi connectivity index (χ2n) is 10.5. The zero-order valence-corrected chi connectivity index (χ0v) is 26.1. The maximum Gasteiger partial charge on any atom is 0.573 e. The number of aliphatic imine (C=N–C) groups is 1. The van der Waals surface area contributed by atoms with E-state index in [2.05, 4.69) is 30.4 Å². The average molecular weight is 654 g/mol. The lowest BCUT2D eigenvalue weighted by molar-refractivity contribution is -0.274. The van der Waals surface area contributed by atoms with Crippen LogP contribution in [0.5, 0.6) is 11.5 Å². The summed E-state index contributed by atoms with van der Waals surface area (Å²) >= 11 is 1.21. The Labute approximate surface area is 266 Å². The molecule has 11 nitrogen and oxygen atoms in total. The Hall–Kier alpha value is -5.05. The molecule has 0 spiro atoms. The number of aryl methyl sites for hydroxylation is 1. The number of halogens is 3. The van der Waals surface area contributed by atoms with Gasteiger partial charge in [-0.25, -0.2) is 14.5 Å². The van der Waals surface area contributed by atoms with E-state index in [1.54, 1.807) is 18.2 Å². The molecule has 1 fully saturated rings. The molecule has 0 bridgehead atoms. The number of aromatic nitrogens is 3. The molecule has 1 aliphatic heterocycles. The second-order valence-corrected chi connectivity index (χ2v) is 11.4. The van der Waals surface area contributed by atoms with Gasteiger partial charge in [-0.1, -0.05) is 37.7 Å². The van der Waals surface area contributed by atoms with Crippen LogP contribution >= 0.6 is 11.8 Å². The maximum atomic E-state index is 12.9. The molecule has 0 aliphatic carbocycles. The third-order valence-corrected chi connectivity index (χ3v) is 7.70. The highest BCUT2D eigenvalue weighted by molar-refractivity contribution is 8.15. The first kappa shape index (κ1) is 32.3. The molecule has 4 aromatic rings. The van der Waals surface area contributed by atoms with Crippen LogP contribution in [0.15, 0.2) is 72.0 Å². The average Bonchev–Trinajstić information content (AvgIpc) is 3.62.